The van der Waals surface area contributed by atoms with E-state index < -0.39 is 11.3 Å². The molecule has 0 amide bonds. The Hall–Kier alpha value is -0.210. The zero-order chi connectivity index (χ0) is 13.6. The predicted molar refractivity (Wildman–Crippen MR) is 83.3 cm³/mol. The van der Waals surface area contributed by atoms with Crippen LogP contribution < -0.4 is 22.9 Å². The van der Waals surface area contributed by atoms with Gasteiger partial charge in [-0.3, -0.25) is 0 Å². The molecule has 0 radical (unpaired) electrons. The van der Waals surface area contributed by atoms with Crippen LogP contribution in [0.5, 0.6) is 0 Å². The van der Waals surface area contributed by atoms with Crippen molar-refractivity contribution in [2.24, 2.45) is 22.9 Å². The SMILES string of the molecule is CCC(N)(N)C1c2cccc(c2)C1C(N)(N)CI. The zero-order valence-electron chi connectivity index (χ0n) is 10.6. The van der Waals surface area contributed by atoms with Gasteiger partial charge < -0.3 is 22.9 Å². The van der Waals surface area contributed by atoms with Gasteiger partial charge in [-0.2, -0.15) is 0 Å². The molecule has 5 heteroatoms. The summed E-state index contributed by atoms with van der Waals surface area (Å²) in [6, 6.07) is 8.26. The molecule has 0 saturated heterocycles. The Balaban J connectivity index is 2.49. The molecular weight excluding hydrogens is 339 g/mol. The highest BCUT2D eigenvalue weighted by atomic mass is 127. The molecule has 0 spiro atoms. The quantitative estimate of drug-likeness (QED) is 0.364. The Bertz CT molecular complexity index is 407. The summed E-state index contributed by atoms with van der Waals surface area (Å²) < 4.78 is 0.657. The highest BCUT2D eigenvalue weighted by molar-refractivity contribution is 14.1. The van der Waals surface area contributed by atoms with Crippen molar-refractivity contribution in [3.05, 3.63) is 35.4 Å². The van der Waals surface area contributed by atoms with Crippen molar-refractivity contribution in [1.82, 2.24) is 0 Å². The van der Waals surface area contributed by atoms with Crippen molar-refractivity contribution in [3.63, 3.8) is 0 Å². The van der Waals surface area contributed by atoms with E-state index in [1.165, 1.54) is 0 Å². The van der Waals surface area contributed by atoms with E-state index in [-0.39, 0.29) is 11.8 Å². The molecule has 1 aromatic carbocycles. The molecule has 1 aliphatic carbocycles. The second-order valence-corrected chi connectivity index (χ2v) is 6.10. The molecule has 2 atom stereocenters. The molecule has 2 bridgehead atoms. The molecule has 2 rings (SSSR count). The third-order valence-corrected chi connectivity index (χ3v) is 5.29. The van der Waals surface area contributed by atoms with Gasteiger partial charge >= 0.3 is 0 Å². The average molecular weight is 360 g/mol. The van der Waals surface area contributed by atoms with Gasteiger partial charge in [0.25, 0.3) is 0 Å². The van der Waals surface area contributed by atoms with Crippen LogP contribution in [0.2, 0.25) is 0 Å². The smallest absolute Gasteiger partial charge is 0.0805 e. The number of nitrogens with two attached hydrogens (primary N) is 4. The standard InChI is InChI=1S/C13H21IN4/c1-2-12(15,16)10-8-4-3-5-9(6-8)11(10)13(17,18)7-14/h3-6,10-11H,2,7,15-18H2,1H3. The molecule has 1 aromatic rings. The molecule has 0 heterocycles. The normalized spacial score (nSPS) is 23.4. The van der Waals surface area contributed by atoms with Crippen LogP contribution in [0.4, 0.5) is 0 Å². The van der Waals surface area contributed by atoms with E-state index in [2.05, 4.69) is 40.8 Å². The van der Waals surface area contributed by atoms with Crippen LogP contribution in [0, 0.1) is 0 Å². The number of benzene rings is 1. The maximum absolute atomic E-state index is 6.28. The van der Waals surface area contributed by atoms with E-state index in [1.54, 1.807) is 0 Å². The Morgan fingerprint density at radius 2 is 1.56 bits per heavy atom. The Kier molecular flexibility index (Phi) is 3.72. The lowest BCUT2D eigenvalue weighted by Gasteiger charge is -2.41. The number of halogens is 1. The molecule has 0 fully saturated rings. The fourth-order valence-corrected chi connectivity index (χ4v) is 3.35. The van der Waals surface area contributed by atoms with E-state index in [4.69, 9.17) is 22.9 Å². The van der Waals surface area contributed by atoms with Gasteiger partial charge in [0.15, 0.2) is 0 Å². The van der Waals surface area contributed by atoms with Crippen LogP contribution >= 0.6 is 22.6 Å². The lowest BCUT2D eigenvalue weighted by Crippen LogP contribution is -2.63. The summed E-state index contributed by atoms with van der Waals surface area (Å²) in [6.07, 6.45) is 0.684. The Morgan fingerprint density at radius 3 is 2.00 bits per heavy atom. The summed E-state index contributed by atoms with van der Waals surface area (Å²) in [7, 11) is 0. The van der Waals surface area contributed by atoms with Gasteiger partial charge in [-0.25, -0.2) is 0 Å². The fraction of sp³-hybridized carbons (Fsp3) is 0.538. The first-order valence-electron chi connectivity index (χ1n) is 6.15. The van der Waals surface area contributed by atoms with Gasteiger partial charge in [0.1, 0.15) is 0 Å². The Labute approximate surface area is 122 Å². The van der Waals surface area contributed by atoms with Crippen LogP contribution in [0.25, 0.3) is 0 Å². The molecule has 2 unspecified atom stereocenters. The van der Waals surface area contributed by atoms with Crippen molar-refractivity contribution in [2.75, 3.05) is 4.43 Å². The van der Waals surface area contributed by atoms with Crippen molar-refractivity contribution in [1.29, 1.82) is 0 Å². The molecule has 100 valence electrons. The maximum Gasteiger partial charge on any atom is 0.0805 e. The average Bonchev–Trinajstić information content (AvgIpc) is 2.61. The van der Waals surface area contributed by atoms with E-state index in [1.807, 2.05) is 13.0 Å². The van der Waals surface area contributed by atoms with E-state index in [0.29, 0.717) is 10.8 Å². The maximum atomic E-state index is 6.28. The van der Waals surface area contributed by atoms with Gasteiger partial charge in [-0.1, -0.05) is 53.8 Å². The minimum atomic E-state index is -0.791. The van der Waals surface area contributed by atoms with Gasteiger partial charge in [-0.05, 0) is 17.5 Å². The third-order valence-electron chi connectivity index (χ3n) is 3.96. The van der Waals surface area contributed by atoms with Crippen molar-refractivity contribution < 1.29 is 0 Å². The van der Waals surface area contributed by atoms with E-state index >= 15 is 0 Å². The highest BCUT2D eigenvalue weighted by Crippen LogP contribution is 2.48. The van der Waals surface area contributed by atoms with E-state index in [9.17, 15) is 0 Å². The molecule has 0 aromatic heterocycles. The fourth-order valence-electron chi connectivity index (χ4n) is 2.88. The van der Waals surface area contributed by atoms with Gasteiger partial charge in [0.05, 0.1) is 11.3 Å². The topological polar surface area (TPSA) is 104 Å². The molecule has 8 N–H and O–H groups in total. The van der Waals surface area contributed by atoms with Gasteiger partial charge in [0, 0.05) is 16.3 Å². The number of hydrogen-bond acceptors (Lipinski definition) is 4. The summed E-state index contributed by atoms with van der Waals surface area (Å²) in [5, 5.41) is 0. The molecule has 1 aliphatic rings. The van der Waals surface area contributed by atoms with Crippen molar-refractivity contribution in [2.45, 2.75) is 36.5 Å². The Morgan fingerprint density at radius 1 is 1.06 bits per heavy atom. The first-order chi connectivity index (χ1) is 8.33. The van der Waals surface area contributed by atoms with Crippen LogP contribution in [-0.4, -0.2) is 15.8 Å². The van der Waals surface area contributed by atoms with Gasteiger partial charge in [-0.15, -0.1) is 0 Å². The van der Waals surface area contributed by atoms with E-state index in [0.717, 1.165) is 11.1 Å². The number of alkyl halides is 1. The summed E-state index contributed by atoms with van der Waals surface area (Å²) in [5.74, 6) is -0.0355. The summed E-state index contributed by atoms with van der Waals surface area (Å²) in [5.41, 5.74) is 25.8. The van der Waals surface area contributed by atoms with Crippen LogP contribution in [0.15, 0.2) is 24.3 Å². The third kappa shape index (κ3) is 2.18. The number of rotatable bonds is 4. The first-order valence-corrected chi connectivity index (χ1v) is 7.67. The lowest BCUT2D eigenvalue weighted by molar-refractivity contribution is 0.252. The first kappa shape index (κ1) is 14.2. The molecule has 18 heavy (non-hydrogen) atoms. The highest BCUT2D eigenvalue weighted by Gasteiger charge is 2.48. The van der Waals surface area contributed by atoms with Crippen molar-refractivity contribution >= 4 is 22.6 Å². The molecule has 0 saturated carbocycles. The second kappa shape index (κ2) is 4.72. The van der Waals surface area contributed by atoms with Crippen LogP contribution in [-0.2, 0) is 0 Å². The largest absolute Gasteiger partial charge is 0.313 e. The number of fused-ring (bicyclic) bond motifs is 2. The lowest BCUT2D eigenvalue weighted by atomic mass is 9.74. The second-order valence-electron chi connectivity index (χ2n) is 5.34. The summed E-state index contributed by atoms with van der Waals surface area (Å²) >= 11 is 2.22. The minimum Gasteiger partial charge on any atom is -0.313 e. The van der Waals surface area contributed by atoms with Gasteiger partial charge in [0.2, 0.25) is 0 Å². The molecular formula is C13H21IN4. The predicted octanol–water partition coefficient (Wildman–Crippen LogP) is 0.940. The van der Waals surface area contributed by atoms with Crippen LogP contribution in [0.1, 0.15) is 36.3 Å². The molecule has 0 aliphatic heterocycles. The minimum absolute atomic E-state index is 0.0164. The molecule has 4 nitrogen and oxygen atoms in total. The van der Waals surface area contributed by atoms with Crippen molar-refractivity contribution in [3.8, 4) is 0 Å². The van der Waals surface area contributed by atoms with Crippen LogP contribution in [0.3, 0.4) is 0 Å². The zero-order valence-corrected chi connectivity index (χ0v) is 12.7. The number of hydrogen-bond donors (Lipinski definition) is 4. The summed E-state index contributed by atoms with van der Waals surface area (Å²) in [6.45, 7) is 2.00. The summed E-state index contributed by atoms with van der Waals surface area (Å²) in [4.78, 5) is 0. The monoisotopic (exact) mass is 360 g/mol.